The zero-order valence-corrected chi connectivity index (χ0v) is 13.2. The molecule has 1 fully saturated rings. The number of carbonyl (C=O) groups excluding carboxylic acids is 2. The van der Waals surface area contributed by atoms with Crippen LogP contribution in [0.5, 0.6) is 0 Å². The van der Waals surface area contributed by atoms with E-state index >= 15 is 0 Å². The lowest BCUT2D eigenvalue weighted by atomic mass is 10.1. The molecule has 0 atom stereocenters. The molecule has 24 heavy (non-hydrogen) atoms. The standard InChI is InChI=1S/C18H12ClN3O2/c19-15-7-5-14(6-8-15)11-22-17(23)16(21-18(22)24)9-12-1-3-13(10-20)4-2-12/h1-9H,11H2,(H,21,24). The van der Waals surface area contributed by atoms with Crippen LogP contribution in [-0.4, -0.2) is 16.8 Å². The Hall–Kier alpha value is -3.10. The summed E-state index contributed by atoms with van der Waals surface area (Å²) in [6, 6.07) is 15.3. The third kappa shape index (κ3) is 3.29. The normalized spacial score (nSPS) is 15.5. The van der Waals surface area contributed by atoms with Gasteiger partial charge in [-0.1, -0.05) is 35.9 Å². The van der Waals surface area contributed by atoms with Crippen LogP contribution in [0.3, 0.4) is 0 Å². The molecule has 1 N–H and O–H groups in total. The number of urea groups is 1. The largest absolute Gasteiger partial charge is 0.329 e. The molecule has 6 heteroatoms. The first-order chi connectivity index (χ1) is 11.6. The van der Waals surface area contributed by atoms with Crippen LogP contribution in [0.1, 0.15) is 16.7 Å². The minimum absolute atomic E-state index is 0.173. The molecular formula is C18H12ClN3O2. The Morgan fingerprint density at radius 3 is 2.38 bits per heavy atom. The van der Waals surface area contributed by atoms with E-state index in [2.05, 4.69) is 5.32 Å². The SMILES string of the molecule is N#Cc1ccc(C=C2NC(=O)N(Cc3ccc(Cl)cc3)C2=O)cc1. The van der Waals surface area contributed by atoms with Gasteiger partial charge in [0.25, 0.3) is 5.91 Å². The summed E-state index contributed by atoms with van der Waals surface area (Å²) in [6.07, 6.45) is 1.59. The van der Waals surface area contributed by atoms with Gasteiger partial charge in [0.05, 0.1) is 18.2 Å². The maximum Gasteiger partial charge on any atom is 0.329 e. The fourth-order valence-electron chi connectivity index (χ4n) is 2.31. The summed E-state index contributed by atoms with van der Waals surface area (Å²) in [6.45, 7) is 0.173. The quantitative estimate of drug-likeness (QED) is 0.689. The number of nitrogens with zero attached hydrogens (tertiary/aromatic N) is 2. The van der Waals surface area contributed by atoms with Crippen LogP contribution in [0.25, 0.3) is 6.08 Å². The molecule has 0 aliphatic carbocycles. The Morgan fingerprint density at radius 2 is 1.75 bits per heavy atom. The van der Waals surface area contributed by atoms with E-state index in [1.54, 1.807) is 54.6 Å². The highest BCUT2D eigenvalue weighted by Gasteiger charge is 2.33. The molecule has 0 aromatic heterocycles. The number of hydrogen-bond acceptors (Lipinski definition) is 3. The molecular weight excluding hydrogens is 326 g/mol. The molecule has 5 nitrogen and oxygen atoms in total. The van der Waals surface area contributed by atoms with Crippen molar-refractivity contribution >= 4 is 29.6 Å². The summed E-state index contributed by atoms with van der Waals surface area (Å²) >= 11 is 5.83. The number of nitriles is 1. The van der Waals surface area contributed by atoms with Crippen molar-refractivity contribution in [2.75, 3.05) is 0 Å². The predicted molar refractivity (Wildman–Crippen MR) is 89.7 cm³/mol. The van der Waals surface area contributed by atoms with Gasteiger partial charge in [0, 0.05) is 5.02 Å². The van der Waals surface area contributed by atoms with Crippen molar-refractivity contribution in [3.8, 4) is 6.07 Å². The van der Waals surface area contributed by atoms with Crippen LogP contribution in [0.2, 0.25) is 5.02 Å². The molecule has 1 saturated heterocycles. The highest BCUT2D eigenvalue weighted by atomic mass is 35.5. The van der Waals surface area contributed by atoms with Crippen molar-refractivity contribution < 1.29 is 9.59 Å². The lowest BCUT2D eigenvalue weighted by molar-refractivity contribution is -0.123. The zero-order chi connectivity index (χ0) is 17.1. The lowest BCUT2D eigenvalue weighted by Crippen LogP contribution is -2.30. The lowest BCUT2D eigenvalue weighted by Gasteiger charge is -2.11. The van der Waals surface area contributed by atoms with E-state index in [1.807, 2.05) is 6.07 Å². The minimum atomic E-state index is -0.463. The highest BCUT2D eigenvalue weighted by Crippen LogP contribution is 2.18. The third-order valence-corrected chi connectivity index (χ3v) is 3.82. The maximum atomic E-state index is 12.4. The Bertz CT molecular complexity index is 865. The number of amides is 3. The van der Waals surface area contributed by atoms with Gasteiger partial charge in [0.2, 0.25) is 0 Å². The molecule has 0 spiro atoms. The Morgan fingerprint density at radius 1 is 1.08 bits per heavy atom. The molecule has 1 aliphatic heterocycles. The number of halogens is 1. The number of imide groups is 1. The summed E-state index contributed by atoms with van der Waals surface area (Å²) in [5, 5.41) is 12.0. The van der Waals surface area contributed by atoms with Gasteiger partial charge >= 0.3 is 6.03 Å². The predicted octanol–water partition coefficient (Wildman–Crippen LogP) is 3.30. The molecule has 0 saturated carbocycles. The Labute approximate surface area is 143 Å². The van der Waals surface area contributed by atoms with Crippen LogP contribution in [0.15, 0.2) is 54.2 Å². The average Bonchev–Trinajstić information content (AvgIpc) is 2.85. The van der Waals surface area contributed by atoms with Gasteiger partial charge in [-0.05, 0) is 41.5 Å². The van der Waals surface area contributed by atoms with E-state index in [-0.39, 0.29) is 18.1 Å². The molecule has 1 heterocycles. The van der Waals surface area contributed by atoms with E-state index in [9.17, 15) is 9.59 Å². The van der Waals surface area contributed by atoms with Crippen molar-refractivity contribution in [1.82, 2.24) is 10.2 Å². The molecule has 3 amide bonds. The third-order valence-electron chi connectivity index (χ3n) is 3.57. The molecule has 2 aromatic rings. The van der Waals surface area contributed by atoms with Gasteiger partial charge in [0.1, 0.15) is 5.70 Å². The van der Waals surface area contributed by atoms with Gasteiger partial charge in [-0.25, -0.2) is 4.79 Å². The number of nitrogens with one attached hydrogen (secondary N) is 1. The summed E-state index contributed by atoms with van der Waals surface area (Å²) in [5.74, 6) is -0.390. The van der Waals surface area contributed by atoms with E-state index in [1.165, 1.54) is 0 Å². The van der Waals surface area contributed by atoms with Crippen molar-refractivity contribution in [2.24, 2.45) is 0 Å². The van der Waals surface area contributed by atoms with Crippen molar-refractivity contribution in [3.05, 3.63) is 75.9 Å². The highest BCUT2D eigenvalue weighted by molar-refractivity contribution is 6.30. The number of carbonyl (C=O) groups is 2. The van der Waals surface area contributed by atoms with Gasteiger partial charge in [-0.3, -0.25) is 9.69 Å². The van der Waals surface area contributed by atoms with Gasteiger partial charge < -0.3 is 5.32 Å². The second-order valence-electron chi connectivity index (χ2n) is 5.24. The fourth-order valence-corrected chi connectivity index (χ4v) is 2.43. The number of rotatable bonds is 3. The first-order valence-corrected chi connectivity index (χ1v) is 7.54. The molecule has 0 bridgehead atoms. The second-order valence-corrected chi connectivity index (χ2v) is 5.68. The monoisotopic (exact) mass is 337 g/mol. The van der Waals surface area contributed by atoms with E-state index < -0.39 is 6.03 Å². The van der Waals surface area contributed by atoms with Crippen LogP contribution in [-0.2, 0) is 11.3 Å². The summed E-state index contributed by atoms with van der Waals surface area (Å²) in [7, 11) is 0. The summed E-state index contributed by atoms with van der Waals surface area (Å²) < 4.78 is 0. The van der Waals surface area contributed by atoms with Crippen molar-refractivity contribution in [1.29, 1.82) is 5.26 Å². The minimum Gasteiger partial charge on any atom is -0.303 e. The van der Waals surface area contributed by atoms with Crippen LogP contribution in [0, 0.1) is 11.3 Å². The first-order valence-electron chi connectivity index (χ1n) is 7.16. The van der Waals surface area contributed by atoms with E-state index in [4.69, 9.17) is 16.9 Å². The molecule has 0 unspecified atom stereocenters. The fraction of sp³-hybridized carbons (Fsp3) is 0.0556. The van der Waals surface area contributed by atoms with Gasteiger partial charge in [-0.15, -0.1) is 0 Å². The van der Waals surface area contributed by atoms with Gasteiger partial charge in [0.15, 0.2) is 0 Å². The molecule has 1 aliphatic rings. The van der Waals surface area contributed by atoms with Crippen molar-refractivity contribution in [2.45, 2.75) is 6.54 Å². The van der Waals surface area contributed by atoms with Gasteiger partial charge in [-0.2, -0.15) is 5.26 Å². The second kappa shape index (κ2) is 6.57. The smallest absolute Gasteiger partial charge is 0.303 e. The van der Waals surface area contributed by atoms with Crippen molar-refractivity contribution in [3.63, 3.8) is 0 Å². The molecule has 0 radical (unpaired) electrons. The van der Waals surface area contributed by atoms with E-state index in [0.29, 0.717) is 10.6 Å². The maximum absolute atomic E-state index is 12.4. The molecule has 118 valence electrons. The van der Waals surface area contributed by atoms with E-state index in [0.717, 1.165) is 16.0 Å². The Kier molecular flexibility index (Phi) is 4.32. The topological polar surface area (TPSA) is 73.2 Å². The number of hydrogen-bond donors (Lipinski definition) is 1. The first kappa shape index (κ1) is 15.8. The summed E-state index contributed by atoms with van der Waals surface area (Å²) in [4.78, 5) is 25.6. The zero-order valence-electron chi connectivity index (χ0n) is 12.5. The molecule has 3 rings (SSSR count). The van der Waals surface area contributed by atoms with Crippen LogP contribution < -0.4 is 5.32 Å². The summed E-state index contributed by atoms with van der Waals surface area (Å²) in [5.41, 5.74) is 2.27. The Balaban J connectivity index is 1.79. The average molecular weight is 338 g/mol. The van der Waals surface area contributed by atoms with Crippen LogP contribution >= 0.6 is 11.6 Å². The van der Waals surface area contributed by atoms with Crippen LogP contribution in [0.4, 0.5) is 4.79 Å². The number of benzene rings is 2. The molecule has 2 aromatic carbocycles.